The molecule has 3 aromatic rings. The topological polar surface area (TPSA) is 114 Å². The van der Waals surface area contributed by atoms with Gasteiger partial charge in [-0.1, -0.05) is 12.1 Å². The van der Waals surface area contributed by atoms with Gasteiger partial charge in [0.05, 0.1) is 10.8 Å². The van der Waals surface area contributed by atoms with Crippen LogP contribution in [-0.2, 0) is 16.1 Å². The molecule has 0 bridgehead atoms. The average Bonchev–Trinajstić information content (AvgIpc) is 2.71. The van der Waals surface area contributed by atoms with Gasteiger partial charge >= 0.3 is 0 Å². The van der Waals surface area contributed by atoms with E-state index in [0.29, 0.717) is 11.4 Å². The highest BCUT2D eigenvalue weighted by atomic mass is 16.5. The van der Waals surface area contributed by atoms with Crippen molar-refractivity contribution in [2.45, 2.75) is 6.54 Å². The Morgan fingerprint density at radius 3 is 2.34 bits per heavy atom. The molecule has 29 heavy (non-hydrogen) atoms. The number of amides is 2. The molecule has 2 N–H and O–H groups in total. The minimum absolute atomic E-state index is 0.0864. The Labute approximate surface area is 165 Å². The van der Waals surface area contributed by atoms with Crippen molar-refractivity contribution in [3.8, 4) is 5.75 Å². The fourth-order valence-corrected chi connectivity index (χ4v) is 2.61. The molecule has 0 saturated heterocycles. The quantitative estimate of drug-likeness (QED) is 0.640. The second-order valence-corrected chi connectivity index (χ2v) is 6.53. The molecule has 0 aliphatic carbocycles. The monoisotopic (exact) mass is 396 g/mol. The van der Waals surface area contributed by atoms with Gasteiger partial charge in [0.15, 0.2) is 6.61 Å². The molecule has 3 rings (SSSR count). The first kappa shape index (κ1) is 19.9. The van der Waals surface area contributed by atoms with E-state index < -0.39 is 17.0 Å². The van der Waals surface area contributed by atoms with Crippen molar-refractivity contribution in [1.82, 2.24) is 14.7 Å². The molecule has 150 valence electrons. The number of aromatic nitrogens is 2. The molecule has 0 fully saturated rings. The van der Waals surface area contributed by atoms with E-state index in [2.05, 4.69) is 10.4 Å². The standard InChI is InChI=1S/C20H20N4O5/c1-23(2)18(26)12-29-14-9-7-13(8-10-14)21-17(25)11-24-20(28)16-6-4-3-5-15(16)19(27)22-24/h3-10H,11-12H2,1-2H3,(H,21,25)(H,22,27). The third-order valence-corrected chi connectivity index (χ3v) is 4.18. The Bertz CT molecular complexity index is 1160. The lowest BCUT2D eigenvalue weighted by Gasteiger charge is -2.12. The van der Waals surface area contributed by atoms with Crippen molar-refractivity contribution >= 4 is 28.3 Å². The van der Waals surface area contributed by atoms with Gasteiger partial charge in [0, 0.05) is 19.8 Å². The number of nitrogens with one attached hydrogen (secondary N) is 2. The molecule has 9 nitrogen and oxygen atoms in total. The summed E-state index contributed by atoms with van der Waals surface area (Å²) in [5.74, 6) is -0.167. The number of benzene rings is 2. The van der Waals surface area contributed by atoms with Gasteiger partial charge in [-0.2, -0.15) is 0 Å². The zero-order valence-corrected chi connectivity index (χ0v) is 16.0. The van der Waals surface area contributed by atoms with Crippen molar-refractivity contribution in [3.63, 3.8) is 0 Å². The van der Waals surface area contributed by atoms with E-state index in [4.69, 9.17) is 4.74 Å². The summed E-state index contributed by atoms with van der Waals surface area (Å²) in [6, 6.07) is 12.9. The number of hydrogen-bond donors (Lipinski definition) is 2. The second-order valence-electron chi connectivity index (χ2n) is 6.53. The van der Waals surface area contributed by atoms with E-state index in [-0.39, 0.29) is 29.8 Å². The highest BCUT2D eigenvalue weighted by molar-refractivity contribution is 5.90. The summed E-state index contributed by atoms with van der Waals surface area (Å²) in [7, 11) is 3.27. The second kappa shape index (κ2) is 8.42. The van der Waals surface area contributed by atoms with Crippen LogP contribution in [0.3, 0.4) is 0 Å². The largest absolute Gasteiger partial charge is 0.484 e. The Balaban J connectivity index is 1.66. The lowest BCUT2D eigenvalue weighted by Crippen LogP contribution is -2.34. The summed E-state index contributed by atoms with van der Waals surface area (Å²) in [4.78, 5) is 49.8. The lowest BCUT2D eigenvalue weighted by molar-refractivity contribution is -0.130. The summed E-state index contributed by atoms with van der Waals surface area (Å²) in [5, 5.41) is 5.58. The van der Waals surface area contributed by atoms with E-state index >= 15 is 0 Å². The van der Waals surface area contributed by atoms with Crippen LogP contribution in [0.2, 0.25) is 0 Å². The van der Waals surface area contributed by atoms with Gasteiger partial charge in [0.2, 0.25) is 5.91 Å². The SMILES string of the molecule is CN(C)C(=O)COc1ccc(NC(=O)Cn2[nH]c(=O)c3ccccc3c2=O)cc1. The van der Waals surface area contributed by atoms with Crippen LogP contribution in [0.1, 0.15) is 0 Å². The summed E-state index contributed by atoms with van der Waals surface area (Å²) in [6.07, 6.45) is 0. The van der Waals surface area contributed by atoms with Crippen molar-refractivity contribution in [1.29, 1.82) is 0 Å². The van der Waals surface area contributed by atoms with Gasteiger partial charge in [-0.05, 0) is 36.4 Å². The summed E-state index contributed by atoms with van der Waals surface area (Å²) >= 11 is 0. The van der Waals surface area contributed by atoms with E-state index in [0.717, 1.165) is 4.68 Å². The van der Waals surface area contributed by atoms with Crippen molar-refractivity contribution in [3.05, 3.63) is 69.2 Å². The Hall–Kier alpha value is -3.88. The molecule has 0 radical (unpaired) electrons. The zero-order valence-electron chi connectivity index (χ0n) is 16.0. The van der Waals surface area contributed by atoms with E-state index in [1.54, 1.807) is 62.6 Å². The normalized spacial score (nSPS) is 10.6. The van der Waals surface area contributed by atoms with Crippen molar-refractivity contribution < 1.29 is 14.3 Å². The first-order valence-corrected chi connectivity index (χ1v) is 8.80. The number of carbonyl (C=O) groups excluding carboxylic acids is 2. The maximum atomic E-state index is 12.5. The molecule has 0 spiro atoms. The maximum absolute atomic E-state index is 12.5. The molecule has 0 aliphatic rings. The van der Waals surface area contributed by atoms with Crippen LogP contribution in [0, 0.1) is 0 Å². The van der Waals surface area contributed by atoms with Crippen LogP contribution >= 0.6 is 0 Å². The fourth-order valence-electron chi connectivity index (χ4n) is 2.61. The van der Waals surface area contributed by atoms with Gasteiger partial charge in [-0.15, -0.1) is 0 Å². The van der Waals surface area contributed by atoms with Crippen molar-refractivity contribution in [2.24, 2.45) is 0 Å². The number of nitrogens with zero attached hydrogens (tertiary/aromatic N) is 2. The first-order valence-electron chi connectivity index (χ1n) is 8.80. The van der Waals surface area contributed by atoms with E-state index in [1.165, 1.54) is 4.90 Å². The summed E-state index contributed by atoms with van der Waals surface area (Å²) < 4.78 is 6.34. The molecule has 0 aliphatic heterocycles. The van der Waals surface area contributed by atoms with Crippen molar-refractivity contribution in [2.75, 3.05) is 26.0 Å². The van der Waals surface area contributed by atoms with Crippen LogP contribution in [0.25, 0.3) is 10.8 Å². The van der Waals surface area contributed by atoms with Gasteiger partial charge in [0.1, 0.15) is 12.3 Å². The third-order valence-electron chi connectivity index (χ3n) is 4.18. The number of rotatable bonds is 6. The predicted molar refractivity (Wildman–Crippen MR) is 108 cm³/mol. The number of likely N-dealkylation sites (N-methyl/N-ethyl adjacent to an activating group) is 1. The molecule has 0 unspecified atom stereocenters. The number of ether oxygens (including phenoxy) is 1. The molecule has 1 aromatic heterocycles. The van der Waals surface area contributed by atoms with Crippen LogP contribution in [-0.4, -0.2) is 47.2 Å². The number of H-pyrrole nitrogens is 1. The first-order chi connectivity index (χ1) is 13.8. The maximum Gasteiger partial charge on any atom is 0.273 e. The predicted octanol–water partition coefficient (Wildman–Crippen LogP) is 0.795. The minimum Gasteiger partial charge on any atom is -0.484 e. The fraction of sp³-hybridized carbons (Fsp3) is 0.200. The molecule has 0 atom stereocenters. The molecular weight excluding hydrogens is 376 g/mol. The molecule has 2 aromatic carbocycles. The van der Waals surface area contributed by atoms with Gasteiger partial charge in [-0.3, -0.25) is 24.3 Å². The Morgan fingerprint density at radius 2 is 1.69 bits per heavy atom. The number of carbonyl (C=O) groups is 2. The summed E-state index contributed by atoms with van der Waals surface area (Å²) in [5.41, 5.74) is -0.413. The minimum atomic E-state index is -0.477. The van der Waals surface area contributed by atoms with Gasteiger partial charge in [0.25, 0.3) is 17.0 Å². The molecular formula is C20H20N4O5. The number of anilines is 1. The van der Waals surface area contributed by atoms with Crippen LogP contribution in [0.4, 0.5) is 5.69 Å². The Morgan fingerprint density at radius 1 is 1.03 bits per heavy atom. The number of hydrogen-bond acceptors (Lipinski definition) is 5. The van der Waals surface area contributed by atoms with Crippen LogP contribution < -0.4 is 21.2 Å². The van der Waals surface area contributed by atoms with Gasteiger partial charge in [-0.25, -0.2) is 4.68 Å². The third kappa shape index (κ3) is 4.70. The summed E-state index contributed by atoms with van der Waals surface area (Å²) in [6.45, 7) is -0.425. The number of aromatic amines is 1. The Kier molecular flexibility index (Phi) is 5.77. The molecule has 0 saturated carbocycles. The lowest BCUT2D eigenvalue weighted by atomic mass is 10.2. The van der Waals surface area contributed by atoms with Crippen LogP contribution in [0.15, 0.2) is 58.1 Å². The molecule has 9 heteroatoms. The average molecular weight is 396 g/mol. The van der Waals surface area contributed by atoms with Gasteiger partial charge < -0.3 is 15.0 Å². The number of fused-ring (bicyclic) bond motifs is 1. The van der Waals surface area contributed by atoms with E-state index in [1.807, 2.05) is 0 Å². The highest BCUT2D eigenvalue weighted by Crippen LogP contribution is 2.15. The smallest absolute Gasteiger partial charge is 0.273 e. The van der Waals surface area contributed by atoms with E-state index in [9.17, 15) is 19.2 Å². The van der Waals surface area contributed by atoms with Crippen LogP contribution in [0.5, 0.6) is 5.75 Å². The molecule has 1 heterocycles. The highest BCUT2D eigenvalue weighted by Gasteiger charge is 2.11. The zero-order chi connectivity index (χ0) is 21.0. The molecule has 2 amide bonds.